The largest absolute Gasteiger partial charge is 0.343 e. The van der Waals surface area contributed by atoms with Crippen LogP contribution < -0.4 is 11.0 Å². The first-order chi connectivity index (χ1) is 13.5. The van der Waals surface area contributed by atoms with Crippen LogP contribution in [0.1, 0.15) is 12.5 Å². The molecule has 0 fully saturated rings. The second-order valence-electron chi connectivity index (χ2n) is 6.04. The number of hydrogen-bond acceptors (Lipinski definition) is 4. The van der Waals surface area contributed by atoms with Crippen molar-refractivity contribution in [3.63, 3.8) is 0 Å². The summed E-state index contributed by atoms with van der Waals surface area (Å²) >= 11 is 1.03. The Hall–Kier alpha value is -2.94. The molecule has 1 atom stereocenters. The number of rotatable bonds is 7. The highest BCUT2D eigenvalue weighted by molar-refractivity contribution is 8.00. The summed E-state index contributed by atoms with van der Waals surface area (Å²) in [6.45, 7) is 1.96. The number of aromatic amines is 1. The van der Waals surface area contributed by atoms with Crippen molar-refractivity contribution in [3.8, 4) is 0 Å². The SMILES string of the molecule is CC(Sc1n[nH]c(=O)n1CCc1ccccc1)C(=O)Nc1c(F)cccc1F. The molecule has 1 aromatic heterocycles. The van der Waals surface area contributed by atoms with Crippen LogP contribution in [0.15, 0.2) is 58.5 Å². The fourth-order valence-corrected chi connectivity index (χ4v) is 3.41. The van der Waals surface area contributed by atoms with Gasteiger partial charge in [0.2, 0.25) is 5.91 Å². The van der Waals surface area contributed by atoms with Gasteiger partial charge in [0.15, 0.2) is 5.16 Å². The fraction of sp³-hybridized carbons (Fsp3) is 0.211. The predicted octanol–water partition coefficient (Wildman–Crippen LogP) is 3.21. The lowest BCUT2D eigenvalue weighted by molar-refractivity contribution is -0.115. The van der Waals surface area contributed by atoms with Gasteiger partial charge in [-0.3, -0.25) is 9.36 Å². The minimum Gasteiger partial charge on any atom is -0.320 e. The molecule has 6 nitrogen and oxygen atoms in total. The molecule has 1 heterocycles. The number of thioether (sulfide) groups is 1. The van der Waals surface area contributed by atoms with Crippen LogP contribution in [0.5, 0.6) is 0 Å². The molecule has 0 bridgehead atoms. The maximum Gasteiger partial charge on any atom is 0.343 e. The molecule has 1 unspecified atom stereocenters. The van der Waals surface area contributed by atoms with Gasteiger partial charge in [-0.05, 0) is 31.0 Å². The van der Waals surface area contributed by atoms with E-state index in [1.165, 1.54) is 10.6 Å². The lowest BCUT2D eigenvalue weighted by Crippen LogP contribution is -2.25. The standard InChI is InChI=1S/C19H18F2N4O2S/c1-12(17(26)22-16-14(20)8-5-9-15(16)21)28-19-24-23-18(27)25(19)11-10-13-6-3-2-4-7-13/h2-9,12H,10-11H2,1H3,(H,22,26)(H,23,27). The van der Waals surface area contributed by atoms with Crippen LogP contribution in [0, 0.1) is 11.6 Å². The molecule has 0 saturated carbocycles. The zero-order valence-electron chi connectivity index (χ0n) is 15.0. The van der Waals surface area contributed by atoms with E-state index >= 15 is 0 Å². The van der Waals surface area contributed by atoms with Crippen LogP contribution in [0.3, 0.4) is 0 Å². The van der Waals surface area contributed by atoms with Gasteiger partial charge in [-0.2, -0.15) is 0 Å². The molecule has 146 valence electrons. The molecule has 2 aromatic carbocycles. The minimum absolute atomic E-state index is 0.331. The molecule has 3 aromatic rings. The lowest BCUT2D eigenvalue weighted by atomic mass is 10.1. The first-order valence-corrected chi connectivity index (χ1v) is 9.44. The Morgan fingerprint density at radius 1 is 1.18 bits per heavy atom. The molecule has 3 rings (SSSR count). The Morgan fingerprint density at radius 2 is 1.86 bits per heavy atom. The van der Waals surface area contributed by atoms with Gasteiger partial charge < -0.3 is 5.32 Å². The summed E-state index contributed by atoms with van der Waals surface area (Å²) in [7, 11) is 0. The van der Waals surface area contributed by atoms with Gasteiger partial charge in [-0.1, -0.05) is 48.2 Å². The number of carbonyl (C=O) groups excluding carboxylic acids is 1. The van der Waals surface area contributed by atoms with Gasteiger partial charge in [0.1, 0.15) is 17.3 Å². The number of para-hydroxylation sites is 1. The first-order valence-electron chi connectivity index (χ1n) is 8.56. The number of aromatic nitrogens is 3. The van der Waals surface area contributed by atoms with Crippen molar-refractivity contribution in [3.05, 3.63) is 76.2 Å². The van der Waals surface area contributed by atoms with Gasteiger partial charge >= 0.3 is 5.69 Å². The molecule has 0 radical (unpaired) electrons. The smallest absolute Gasteiger partial charge is 0.320 e. The quantitative estimate of drug-likeness (QED) is 0.593. The Labute approximate surface area is 164 Å². The van der Waals surface area contributed by atoms with E-state index in [9.17, 15) is 18.4 Å². The van der Waals surface area contributed by atoms with Crippen molar-refractivity contribution in [1.29, 1.82) is 0 Å². The van der Waals surface area contributed by atoms with Crippen molar-refractivity contribution in [1.82, 2.24) is 14.8 Å². The fourth-order valence-electron chi connectivity index (χ4n) is 2.53. The lowest BCUT2D eigenvalue weighted by Gasteiger charge is -2.13. The minimum atomic E-state index is -0.856. The highest BCUT2D eigenvalue weighted by Crippen LogP contribution is 2.23. The number of anilines is 1. The van der Waals surface area contributed by atoms with Gasteiger partial charge in [0, 0.05) is 6.54 Å². The number of carbonyl (C=O) groups is 1. The van der Waals surface area contributed by atoms with Crippen LogP contribution in [0.25, 0.3) is 0 Å². The maximum absolute atomic E-state index is 13.7. The van der Waals surface area contributed by atoms with E-state index in [2.05, 4.69) is 15.5 Å². The molecule has 2 N–H and O–H groups in total. The average Bonchev–Trinajstić information content (AvgIpc) is 3.03. The van der Waals surface area contributed by atoms with Gasteiger partial charge in [0.25, 0.3) is 0 Å². The van der Waals surface area contributed by atoms with Crippen molar-refractivity contribution in [2.75, 3.05) is 5.32 Å². The van der Waals surface area contributed by atoms with Crippen LogP contribution in [0.4, 0.5) is 14.5 Å². The van der Waals surface area contributed by atoms with Crippen molar-refractivity contribution in [2.24, 2.45) is 0 Å². The van der Waals surface area contributed by atoms with E-state index in [4.69, 9.17) is 0 Å². The summed E-state index contributed by atoms with van der Waals surface area (Å²) < 4.78 is 28.8. The number of hydrogen-bond donors (Lipinski definition) is 2. The Bertz CT molecular complexity index is 1000. The second kappa shape index (κ2) is 8.83. The molecule has 0 spiro atoms. The Morgan fingerprint density at radius 3 is 2.54 bits per heavy atom. The Kier molecular flexibility index (Phi) is 6.25. The van der Waals surface area contributed by atoms with E-state index in [-0.39, 0.29) is 5.69 Å². The molecule has 28 heavy (non-hydrogen) atoms. The molecule has 0 aliphatic rings. The van der Waals surface area contributed by atoms with E-state index < -0.39 is 28.5 Å². The summed E-state index contributed by atoms with van der Waals surface area (Å²) in [5.41, 5.74) is 0.182. The molecule has 0 aliphatic heterocycles. The van der Waals surface area contributed by atoms with Gasteiger partial charge in [0.05, 0.1) is 5.25 Å². The molecule has 0 aliphatic carbocycles. The number of aryl methyl sites for hydroxylation is 1. The number of H-pyrrole nitrogens is 1. The molecule has 9 heteroatoms. The third kappa shape index (κ3) is 4.66. The summed E-state index contributed by atoms with van der Waals surface area (Å²) in [6.07, 6.45) is 0.620. The number of halogens is 2. The molecule has 1 amide bonds. The number of nitrogens with one attached hydrogen (secondary N) is 2. The van der Waals surface area contributed by atoms with Crippen molar-refractivity contribution in [2.45, 2.75) is 30.3 Å². The topological polar surface area (TPSA) is 79.8 Å². The third-order valence-electron chi connectivity index (χ3n) is 4.05. The van der Waals surface area contributed by atoms with Crippen LogP contribution in [0.2, 0.25) is 0 Å². The van der Waals surface area contributed by atoms with Crippen LogP contribution >= 0.6 is 11.8 Å². The van der Waals surface area contributed by atoms with E-state index in [0.717, 1.165) is 29.5 Å². The predicted molar refractivity (Wildman–Crippen MR) is 103 cm³/mol. The number of nitrogens with zero attached hydrogens (tertiary/aromatic N) is 2. The summed E-state index contributed by atoms with van der Waals surface area (Å²) in [5.74, 6) is -2.31. The summed E-state index contributed by atoms with van der Waals surface area (Å²) in [4.78, 5) is 24.4. The van der Waals surface area contributed by atoms with Gasteiger partial charge in [-0.25, -0.2) is 18.7 Å². The number of benzene rings is 2. The van der Waals surface area contributed by atoms with E-state index in [1.54, 1.807) is 6.92 Å². The van der Waals surface area contributed by atoms with Crippen molar-refractivity contribution >= 4 is 23.4 Å². The maximum atomic E-state index is 13.7. The normalized spacial score (nSPS) is 12.0. The van der Waals surface area contributed by atoms with Crippen molar-refractivity contribution < 1.29 is 13.6 Å². The zero-order chi connectivity index (χ0) is 20.1. The van der Waals surface area contributed by atoms with E-state index in [1.807, 2.05) is 30.3 Å². The highest BCUT2D eigenvalue weighted by atomic mass is 32.2. The van der Waals surface area contributed by atoms with Gasteiger partial charge in [-0.15, -0.1) is 5.10 Å². The van der Waals surface area contributed by atoms with E-state index in [0.29, 0.717) is 18.1 Å². The number of amides is 1. The average molecular weight is 404 g/mol. The monoisotopic (exact) mass is 404 g/mol. The second-order valence-corrected chi connectivity index (χ2v) is 7.35. The first kappa shape index (κ1) is 19.8. The molecular weight excluding hydrogens is 386 g/mol. The molecule has 0 saturated heterocycles. The van der Waals surface area contributed by atoms with Crippen LogP contribution in [-0.2, 0) is 17.8 Å². The summed E-state index contributed by atoms with van der Waals surface area (Å²) in [6, 6.07) is 13.0. The third-order valence-corrected chi connectivity index (χ3v) is 5.14. The van der Waals surface area contributed by atoms with Crippen LogP contribution in [-0.4, -0.2) is 25.9 Å². The highest BCUT2D eigenvalue weighted by Gasteiger charge is 2.21. The Balaban J connectivity index is 1.68. The zero-order valence-corrected chi connectivity index (χ0v) is 15.8. The molecular formula is C19H18F2N4O2S. The summed E-state index contributed by atoms with van der Waals surface area (Å²) in [5, 5.41) is 8.17.